The van der Waals surface area contributed by atoms with Crippen molar-refractivity contribution in [2.45, 2.75) is 0 Å². The summed E-state index contributed by atoms with van der Waals surface area (Å²) in [6.07, 6.45) is 3.22. The third kappa shape index (κ3) is 4.57. The molecule has 0 aliphatic heterocycles. The Morgan fingerprint density at radius 1 is 1.17 bits per heavy atom. The number of nitrogens with zero attached hydrogens (tertiary/aromatic N) is 1. The first-order valence-corrected chi connectivity index (χ1v) is 7.46. The van der Waals surface area contributed by atoms with Gasteiger partial charge in [-0.25, -0.2) is 0 Å². The zero-order valence-electron chi connectivity index (χ0n) is 13.7. The van der Waals surface area contributed by atoms with Crippen molar-refractivity contribution in [3.05, 3.63) is 64.6 Å². The fraction of sp³-hybridized carbons (Fsp3) is 0.222. The van der Waals surface area contributed by atoms with Crippen molar-refractivity contribution in [2.75, 3.05) is 27.4 Å². The van der Waals surface area contributed by atoms with Gasteiger partial charge >= 0.3 is 0 Å². The molecule has 0 bridgehead atoms. The van der Waals surface area contributed by atoms with E-state index in [-0.39, 0.29) is 17.2 Å². The van der Waals surface area contributed by atoms with E-state index in [0.717, 1.165) is 11.3 Å². The minimum absolute atomic E-state index is 0.238. The van der Waals surface area contributed by atoms with Gasteiger partial charge in [0.1, 0.15) is 11.4 Å². The van der Waals surface area contributed by atoms with Crippen LogP contribution in [-0.4, -0.2) is 37.8 Å². The molecule has 24 heavy (non-hydrogen) atoms. The number of methoxy groups -OCH3 is 2. The van der Waals surface area contributed by atoms with Crippen molar-refractivity contribution in [3.8, 4) is 5.75 Å². The normalized spacial score (nSPS) is 11.2. The number of hydrogen-bond acceptors (Lipinski definition) is 4. The van der Waals surface area contributed by atoms with Gasteiger partial charge in [0.2, 0.25) is 0 Å². The van der Waals surface area contributed by atoms with Crippen molar-refractivity contribution < 1.29 is 14.3 Å². The maximum absolute atomic E-state index is 12.5. The summed E-state index contributed by atoms with van der Waals surface area (Å²) in [7, 11) is 3.14. The van der Waals surface area contributed by atoms with Gasteiger partial charge in [0, 0.05) is 25.9 Å². The summed E-state index contributed by atoms with van der Waals surface area (Å²) in [4.78, 5) is 24.6. The van der Waals surface area contributed by atoms with Crippen molar-refractivity contribution in [1.82, 2.24) is 9.88 Å². The van der Waals surface area contributed by atoms with Crippen LogP contribution in [0.25, 0.3) is 11.8 Å². The Bertz CT molecular complexity index is 763. The monoisotopic (exact) mass is 328 g/mol. The molecule has 0 saturated carbocycles. The summed E-state index contributed by atoms with van der Waals surface area (Å²) >= 11 is 0. The van der Waals surface area contributed by atoms with Crippen LogP contribution < -0.4 is 15.6 Å². The molecule has 0 radical (unpaired) electrons. The van der Waals surface area contributed by atoms with E-state index >= 15 is 0 Å². The molecule has 1 aromatic heterocycles. The fourth-order valence-electron chi connectivity index (χ4n) is 2.09. The van der Waals surface area contributed by atoms with Crippen molar-refractivity contribution in [2.24, 2.45) is 0 Å². The summed E-state index contributed by atoms with van der Waals surface area (Å²) < 4.78 is 11.4. The number of hydrogen-bond donors (Lipinski definition) is 1. The number of carbonyl (C=O) groups is 1. The molecule has 0 spiro atoms. The van der Waals surface area contributed by atoms with Gasteiger partial charge in [0.05, 0.1) is 13.7 Å². The molecule has 0 aliphatic carbocycles. The van der Waals surface area contributed by atoms with Crippen molar-refractivity contribution in [1.29, 1.82) is 0 Å². The van der Waals surface area contributed by atoms with Gasteiger partial charge in [-0.15, -0.1) is 0 Å². The van der Waals surface area contributed by atoms with E-state index in [2.05, 4.69) is 5.32 Å². The lowest BCUT2D eigenvalue weighted by Crippen LogP contribution is -2.32. The summed E-state index contributed by atoms with van der Waals surface area (Å²) in [5, 5.41) is 2.74. The number of carbonyl (C=O) groups excluding carboxylic acids is 1. The molecule has 0 atom stereocenters. The highest BCUT2D eigenvalue weighted by Crippen LogP contribution is 2.15. The van der Waals surface area contributed by atoms with Gasteiger partial charge < -0.3 is 14.8 Å². The van der Waals surface area contributed by atoms with Crippen LogP contribution in [0.15, 0.2) is 53.5 Å². The first-order valence-electron chi connectivity index (χ1n) is 7.46. The zero-order valence-corrected chi connectivity index (χ0v) is 13.7. The fourth-order valence-corrected chi connectivity index (χ4v) is 2.09. The second-order valence-corrected chi connectivity index (χ2v) is 4.96. The second-order valence-electron chi connectivity index (χ2n) is 4.96. The molecule has 126 valence electrons. The topological polar surface area (TPSA) is 69.6 Å². The van der Waals surface area contributed by atoms with Crippen LogP contribution in [0.1, 0.15) is 5.56 Å². The van der Waals surface area contributed by atoms with Gasteiger partial charge in [0.15, 0.2) is 0 Å². The van der Waals surface area contributed by atoms with E-state index < -0.39 is 0 Å². The number of pyridine rings is 1. The Balaban J connectivity index is 2.38. The average molecular weight is 328 g/mol. The standard InChI is InChI=1S/C18H20N2O4/c1-23-12-10-19-18(22)16(20-11-4-3-5-17(20)21)13-14-6-8-15(24-2)9-7-14/h3-9,11,13H,10,12H2,1-2H3,(H,19,22)/b16-13+. The van der Waals surface area contributed by atoms with E-state index in [9.17, 15) is 9.59 Å². The van der Waals surface area contributed by atoms with Crippen molar-refractivity contribution >= 4 is 17.7 Å². The molecule has 0 saturated heterocycles. The van der Waals surface area contributed by atoms with Crippen molar-refractivity contribution in [3.63, 3.8) is 0 Å². The maximum atomic E-state index is 12.5. The Labute approximate surface area is 140 Å². The zero-order chi connectivity index (χ0) is 17.4. The van der Waals surface area contributed by atoms with Gasteiger partial charge in [0.25, 0.3) is 11.5 Å². The van der Waals surface area contributed by atoms with E-state index in [0.29, 0.717) is 13.2 Å². The summed E-state index contributed by atoms with van der Waals surface area (Å²) in [6.45, 7) is 0.752. The van der Waals surface area contributed by atoms with Crippen LogP contribution in [0.4, 0.5) is 0 Å². The lowest BCUT2D eigenvalue weighted by Gasteiger charge is -2.11. The average Bonchev–Trinajstić information content (AvgIpc) is 2.61. The molecule has 1 amide bonds. The highest BCUT2D eigenvalue weighted by atomic mass is 16.5. The Hall–Kier alpha value is -2.86. The van der Waals surface area contributed by atoms with Crippen LogP contribution in [0.3, 0.4) is 0 Å². The number of aromatic nitrogens is 1. The van der Waals surface area contributed by atoms with Crippen LogP contribution in [0, 0.1) is 0 Å². The number of amides is 1. The molecular weight excluding hydrogens is 308 g/mol. The quantitative estimate of drug-likeness (QED) is 0.619. The highest BCUT2D eigenvalue weighted by Gasteiger charge is 2.12. The highest BCUT2D eigenvalue weighted by molar-refractivity contribution is 6.18. The number of rotatable bonds is 7. The van der Waals surface area contributed by atoms with E-state index in [1.165, 1.54) is 10.6 Å². The number of benzene rings is 1. The number of nitrogens with one attached hydrogen (secondary N) is 1. The molecule has 1 N–H and O–H groups in total. The Morgan fingerprint density at radius 2 is 1.92 bits per heavy atom. The van der Waals surface area contributed by atoms with Gasteiger partial charge in [-0.3, -0.25) is 14.2 Å². The number of ether oxygens (including phenoxy) is 2. The molecule has 1 aromatic carbocycles. The largest absolute Gasteiger partial charge is 0.497 e. The molecule has 0 fully saturated rings. The summed E-state index contributed by atoms with van der Waals surface area (Å²) in [6, 6.07) is 12.0. The molecule has 6 heteroatoms. The molecule has 6 nitrogen and oxygen atoms in total. The molecule has 1 heterocycles. The minimum Gasteiger partial charge on any atom is -0.497 e. The molecule has 2 aromatic rings. The summed E-state index contributed by atoms with van der Waals surface area (Å²) in [5.41, 5.74) is 0.740. The first kappa shape index (κ1) is 17.5. The smallest absolute Gasteiger partial charge is 0.268 e. The SMILES string of the molecule is COCCNC(=O)/C(=C\c1ccc(OC)cc1)n1ccccc1=O. The van der Waals surface area contributed by atoms with Crippen LogP contribution in [-0.2, 0) is 9.53 Å². The maximum Gasteiger partial charge on any atom is 0.268 e. The first-order chi connectivity index (χ1) is 11.7. The molecular formula is C18H20N2O4. The van der Waals surface area contributed by atoms with Gasteiger partial charge in [-0.05, 0) is 29.8 Å². The van der Waals surface area contributed by atoms with E-state index in [1.807, 2.05) is 12.1 Å². The lowest BCUT2D eigenvalue weighted by atomic mass is 10.1. The molecule has 2 rings (SSSR count). The predicted molar refractivity (Wildman–Crippen MR) is 92.7 cm³/mol. The summed E-state index contributed by atoms with van der Waals surface area (Å²) in [5.74, 6) is 0.367. The van der Waals surface area contributed by atoms with E-state index in [1.54, 1.807) is 50.8 Å². The van der Waals surface area contributed by atoms with Gasteiger partial charge in [-0.1, -0.05) is 18.2 Å². The third-order valence-corrected chi connectivity index (χ3v) is 3.33. The molecule has 0 aliphatic rings. The van der Waals surface area contributed by atoms with Crippen LogP contribution >= 0.6 is 0 Å². The minimum atomic E-state index is -0.351. The molecule has 0 unspecified atom stereocenters. The predicted octanol–water partition coefficient (Wildman–Crippen LogP) is 1.62. The van der Waals surface area contributed by atoms with Crippen LogP contribution in [0.5, 0.6) is 5.75 Å². The van der Waals surface area contributed by atoms with Crippen LogP contribution in [0.2, 0.25) is 0 Å². The second kappa shape index (κ2) is 8.69. The van der Waals surface area contributed by atoms with E-state index in [4.69, 9.17) is 9.47 Å². The lowest BCUT2D eigenvalue weighted by molar-refractivity contribution is -0.116. The van der Waals surface area contributed by atoms with Gasteiger partial charge in [-0.2, -0.15) is 0 Å². The Kier molecular flexibility index (Phi) is 6.33. The third-order valence-electron chi connectivity index (χ3n) is 3.33. The Morgan fingerprint density at radius 3 is 2.54 bits per heavy atom.